The van der Waals surface area contributed by atoms with E-state index in [1.165, 1.54) is 39.0 Å². The molecule has 0 N–H and O–H groups in total. The molecule has 2 fully saturated rings. The van der Waals surface area contributed by atoms with Crippen molar-refractivity contribution >= 4 is 5.78 Å². The third-order valence-corrected chi connectivity index (χ3v) is 6.01. The molecule has 2 heterocycles. The van der Waals surface area contributed by atoms with Gasteiger partial charge < -0.3 is 9.47 Å². The number of rotatable bonds is 8. The number of nitrogens with zero attached hydrogens (tertiary/aromatic N) is 2. The molecule has 0 radical (unpaired) electrons. The Hall–Kier alpha value is -2.37. The van der Waals surface area contributed by atoms with Gasteiger partial charge in [-0.05, 0) is 86.5 Å². The fraction of sp³-hybridized carbons (Fsp3) is 0.435. The molecule has 2 aliphatic heterocycles. The van der Waals surface area contributed by atoms with Crippen LogP contribution < -0.4 is 9.47 Å². The Bertz CT molecular complexity index is 887. The predicted molar refractivity (Wildman–Crippen MR) is 108 cm³/mol. The van der Waals surface area contributed by atoms with Crippen LogP contribution in [0.1, 0.15) is 28.8 Å². The topological polar surface area (TPSA) is 42.0 Å². The minimum Gasteiger partial charge on any atom is -0.492 e. The van der Waals surface area contributed by atoms with Gasteiger partial charge in [-0.25, -0.2) is 0 Å². The van der Waals surface area contributed by atoms with E-state index in [2.05, 4.69) is 9.80 Å². The van der Waals surface area contributed by atoms with Crippen LogP contribution in [0.2, 0.25) is 0 Å². The van der Waals surface area contributed by atoms with Crippen molar-refractivity contribution in [2.24, 2.45) is 0 Å². The van der Waals surface area contributed by atoms with E-state index >= 15 is 0 Å². The summed E-state index contributed by atoms with van der Waals surface area (Å²) in [6.07, 6.45) is 2.58. The van der Waals surface area contributed by atoms with Gasteiger partial charge in [0.25, 0.3) is 0 Å². The second-order valence-electron chi connectivity index (χ2n) is 7.83. The third-order valence-electron chi connectivity index (χ3n) is 6.01. The quantitative estimate of drug-likeness (QED) is 0.603. The van der Waals surface area contributed by atoms with Crippen molar-refractivity contribution < 1.29 is 14.3 Å². The number of fused-ring (bicyclic) bond motifs is 3. The largest absolute Gasteiger partial charge is 0.492 e. The van der Waals surface area contributed by atoms with E-state index < -0.39 is 0 Å². The molecule has 1 aliphatic carbocycles. The number of benzene rings is 2. The van der Waals surface area contributed by atoms with Gasteiger partial charge in [0.05, 0.1) is 0 Å². The number of hydrogen-bond donors (Lipinski definition) is 0. The highest BCUT2D eigenvalue weighted by atomic mass is 16.5. The van der Waals surface area contributed by atoms with E-state index in [1.54, 1.807) is 0 Å². The van der Waals surface area contributed by atoms with E-state index in [9.17, 15) is 4.79 Å². The maximum atomic E-state index is 12.8. The van der Waals surface area contributed by atoms with Crippen LogP contribution in [0, 0.1) is 0 Å². The molecule has 5 heteroatoms. The average molecular weight is 378 g/mol. The average Bonchev–Trinajstić information content (AvgIpc) is 2.91. The van der Waals surface area contributed by atoms with Crippen molar-refractivity contribution in [1.29, 1.82) is 0 Å². The highest BCUT2D eigenvalue weighted by Gasteiger charge is 2.27. The molecule has 2 aromatic carbocycles. The van der Waals surface area contributed by atoms with Gasteiger partial charge in [0, 0.05) is 24.2 Å². The monoisotopic (exact) mass is 378 g/mol. The lowest BCUT2D eigenvalue weighted by Gasteiger charge is -2.30. The van der Waals surface area contributed by atoms with Gasteiger partial charge in [0.2, 0.25) is 0 Å². The molecule has 2 saturated heterocycles. The zero-order valence-electron chi connectivity index (χ0n) is 16.2. The van der Waals surface area contributed by atoms with Gasteiger partial charge in [-0.3, -0.25) is 14.6 Å². The molecule has 0 saturated carbocycles. The molecule has 0 atom stereocenters. The van der Waals surface area contributed by atoms with Crippen molar-refractivity contribution in [2.75, 3.05) is 52.5 Å². The van der Waals surface area contributed by atoms with Gasteiger partial charge in [0.1, 0.15) is 24.7 Å². The summed E-state index contributed by atoms with van der Waals surface area (Å²) in [5.74, 6) is 1.67. The maximum Gasteiger partial charge on any atom is 0.194 e. The molecule has 0 spiro atoms. The van der Waals surface area contributed by atoms with Crippen LogP contribution in [0.5, 0.6) is 11.5 Å². The molecule has 28 heavy (non-hydrogen) atoms. The summed E-state index contributed by atoms with van der Waals surface area (Å²) in [5, 5.41) is 0. The molecular weight excluding hydrogens is 352 g/mol. The van der Waals surface area contributed by atoms with Crippen LogP contribution in [0.3, 0.4) is 0 Å². The summed E-state index contributed by atoms with van der Waals surface area (Å²) < 4.78 is 11.8. The maximum absolute atomic E-state index is 12.8. The molecule has 5 nitrogen and oxygen atoms in total. The zero-order valence-corrected chi connectivity index (χ0v) is 16.2. The molecule has 146 valence electrons. The number of carbonyl (C=O) groups is 1. The van der Waals surface area contributed by atoms with E-state index in [0.717, 1.165) is 46.8 Å². The first-order chi connectivity index (χ1) is 13.8. The lowest BCUT2D eigenvalue weighted by Crippen LogP contribution is -2.39. The molecule has 2 aromatic rings. The SMILES string of the molecule is O=C1c2cc(OCCN3CCC3)ccc2-c2cc(OCCN3CCC3)ccc21. The molecule has 0 unspecified atom stereocenters. The van der Waals surface area contributed by atoms with Crippen LogP contribution in [0.15, 0.2) is 36.4 Å². The van der Waals surface area contributed by atoms with Gasteiger partial charge in [-0.2, -0.15) is 0 Å². The number of hydrogen-bond acceptors (Lipinski definition) is 5. The minimum atomic E-state index is 0.0744. The highest BCUT2D eigenvalue weighted by molar-refractivity contribution is 6.22. The fourth-order valence-electron chi connectivity index (χ4n) is 4.01. The molecule has 5 rings (SSSR count). The Balaban J connectivity index is 1.27. The Kier molecular flexibility index (Phi) is 4.79. The van der Waals surface area contributed by atoms with E-state index in [4.69, 9.17) is 9.47 Å². The first kappa shape index (κ1) is 17.7. The Morgan fingerprint density at radius 3 is 1.75 bits per heavy atom. The van der Waals surface area contributed by atoms with Crippen LogP contribution in [-0.2, 0) is 0 Å². The lowest BCUT2D eigenvalue weighted by atomic mass is 10.1. The number of ketones is 1. The van der Waals surface area contributed by atoms with Crippen molar-refractivity contribution in [3.63, 3.8) is 0 Å². The smallest absolute Gasteiger partial charge is 0.194 e. The Morgan fingerprint density at radius 2 is 1.21 bits per heavy atom. The van der Waals surface area contributed by atoms with Crippen LogP contribution in [-0.4, -0.2) is 68.1 Å². The second-order valence-corrected chi connectivity index (χ2v) is 7.83. The summed E-state index contributed by atoms with van der Waals surface area (Å²) in [6.45, 7) is 7.95. The standard InChI is InChI=1S/C23H26N2O3/c26-23-20-6-4-17(27-13-11-24-7-1-8-24)15-21(20)19-5-3-18(16-22(19)23)28-14-12-25-9-2-10-25/h3-6,15-16H,1-2,7-14H2. The summed E-state index contributed by atoms with van der Waals surface area (Å²) in [4.78, 5) is 17.6. The molecule has 0 aromatic heterocycles. The van der Waals surface area contributed by atoms with Gasteiger partial charge >= 0.3 is 0 Å². The molecule has 0 amide bonds. The van der Waals surface area contributed by atoms with Crippen molar-refractivity contribution in [3.05, 3.63) is 47.5 Å². The van der Waals surface area contributed by atoms with Gasteiger partial charge in [-0.15, -0.1) is 0 Å². The number of ether oxygens (including phenoxy) is 2. The summed E-state index contributed by atoms with van der Waals surface area (Å²) in [6, 6.07) is 11.7. The zero-order chi connectivity index (χ0) is 18.9. The lowest BCUT2D eigenvalue weighted by molar-refractivity contribution is 0.104. The summed E-state index contributed by atoms with van der Waals surface area (Å²) >= 11 is 0. The second kappa shape index (κ2) is 7.57. The third kappa shape index (κ3) is 3.40. The molecule has 3 aliphatic rings. The normalized spacial score (nSPS) is 18.2. The molecular formula is C23H26N2O3. The van der Waals surface area contributed by atoms with Crippen LogP contribution >= 0.6 is 0 Å². The van der Waals surface area contributed by atoms with Gasteiger partial charge in [-0.1, -0.05) is 0 Å². The Morgan fingerprint density at radius 1 is 0.679 bits per heavy atom. The van der Waals surface area contributed by atoms with Crippen LogP contribution in [0.4, 0.5) is 0 Å². The number of carbonyl (C=O) groups excluding carboxylic acids is 1. The first-order valence-electron chi connectivity index (χ1n) is 10.3. The predicted octanol–water partition coefficient (Wildman–Crippen LogP) is 3.07. The summed E-state index contributed by atoms with van der Waals surface area (Å²) in [5.41, 5.74) is 3.42. The fourth-order valence-corrected chi connectivity index (χ4v) is 4.01. The van der Waals surface area contributed by atoms with Gasteiger partial charge in [0.15, 0.2) is 5.78 Å². The van der Waals surface area contributed by atoms with Crippen molar-refractivity contribution in [3.8, 4) is 22.6 Å². The molecule has 0 bridgehead atoms. The summed E-state index contributed by atoms with van der Waals surface area (Å²) in [7, 11) is 0. The van der Waals surface area contributed by atoms with E-state index in [0.29, 0.717) is 13.2 Å². The minimum absolute atomic E-state index is 0.0744. The van der Waals surface area contributed by atoms with Crippen LogP contribution in [0.25, 0.3) is 11.1 Å². The van der Waals surface area contributed by atoms with E-state index in [1.807, 2.05) is 36.4 Å². The van der Waals surface area contributed by atoms with Crippen molar-refractivity contribution in [2.45, 2.75) is 12.8 Å². The van der Waals surface area contributed by atoms with E-state index in [-0.39, 0.29) is 5.78 Å². The first-order valence-corrected chi connectivity index (χ1v) is 10.3. The van der Waals surface area contributed by atoms with Crippen molar-refractivity contribution in [1.82, 2.24) is 9.80 Å². The highest BCUT2D eigenvalue weighted by Crippen LogP contribution is 2.40. The Labute approximate surface area is 165 Å². The number of likely N-dealkylation sites (tertiary alicyclic amines) is 2.